The number of rotatable bonds is 5. The van der Waals surface area contributed by atoms with Crippen molar-refractivity contribution in [1.29, 1.82) is 0 Å². The first-order chi connectivity index (χ1) is 15.5. The fourth-order valence-corrected chi connectivity index (χ4v) is 3.41. The van der Waals surface area contributed by atoms with Crippen molar-refractivity contribution >= 4 is 17.2 Å². The summed E-state index contributed by atoms with van der Waals surface area (Å²) in [6.45, 7) is 0.292. The van der Waals surface area contributed by atoms with E-state index in [2.05, 4.69) is 15.2 Å². The molecule has 32 heavy (non-hydrogen) atoms. The first kappa shape index (κ1) is 19.7. The van der Waals surface area contributed by atoms with Crippen LogP contribution in [0.1, 0.15) is 6.42 Å². The highest BCUT2D eigenvalue weighted by Crippen LogP contribution is 2.27. The molecule has 9 nitrogen and oxygen atoms in total. The van der Waals surface area contributed by atoms with E-state index in [0.29, 0.717) is 24.5 Å². The van der Waals surface area contributed by atoms with Gasteiger partial charge in [-0.2, -0.15) is 0 Å². The summed E-state index contributed by atoms with van der Waals surface area (Å²) in [5.41, 5.74) is -0.516. The number of aromatic nitrogens is 4. The zero-order valence-electron chi connectivity index (χ0n) is 16.4. The van der Waals surface area contributed by atoms with Crippen LogP contribution in [-0.2, 0) is 4.79 Å². The molecule has 3 aromatic heterocycles. The summed E-state index contributed by atoms with van der Waals surface area (Å²) >= 11 is 0. The van der Waals surface area contributed by atoms with Crippen molar-refractivity contribution in [3.05, 3.63) is 77.0 Å². The fraction of sp³-hybridized carbons (Fsp3) is 0.143. The van der Waals surface area contributed by atoms with Gasteiger partial charge >= 0.3 is 5.69 Å². The summed E-state index contributed by atoms with van der Waals surface area (Å²) in [5, 5.41) is 5.77. The number of nitrogens with one attached hydrogen (secondary N) is 1. The minimum Gasteiger partial charge on any atom is -0.479 e. The molecule has 162 valence electrons. The van der Waals surface area contributed by atoms with Crippen LogP contribution in [0.4, 0.5) is 14.5 Å². The van der Waals surface area contributed by atoms with Gasteiger partial charge in [-0.25, -0.2) is 28.1 Å². The Balaban J connectivity index is 1.28. The van der Waals surface area contributed by atoms with E-state index in [1.807, 2.05) is 0 Å². The Kier molecular flexibility index (Phi) is 4.77. The van der Waals surface area contributed by atoms with Crippen LogP contribution in [0.5, 0.6) is 17.4 Å². The molecule has 0 saturated carbocycles. The number of anilines is 1. The molecule has 0 aliphatic carbocycles. The molecule has 1 aliphatic heterocycles. The van der Waals surface area contributed by atoms with Crippen molar-refractivity contribution in [1.82, 2.24) is 19.6 Å². The van der Waals surface area contributed by atoms with Gasteiger partial charge in [0.25, 0.3) is 5.91 Å². The maximum Gasteiger partial charge on any atom is 0.347 e. The molecule has 11 heteroatoms. The van der Waals surface area contributed by atoms with Crippen molar-refractivity contribution in [2.45, 2.75) is 12.5 Å². The van der Waals surface area contributed by atoms with Crippen molar-refractivity contribution in [3.8, 4) is 17.4 Å². The van der Waals surface area contributed by atoms with E-state index in [1.165, 1.54) is 41.6 Å². The molecule has 1 aliphatic rings. The van der Waals surface area contributed by atoms with Crippen LogP contribution in [0.15, 0.2) is 59.7 Å². The Morgan fingerprint density at radius 2 is 1.84 bits per heavy atom. The van der Waals surface area contributed by atoms with E-state index in [0.717, 1.165) is 10.5 Å². The van der Waals surface area contributed by atoms with E-state index in [4.69, 9.17) is 9.47 Å². The third-order valence-electron chi connectivity index (χ3n) is 4.95. The molecule has 5 rings (SSSR count). The molecule has 0 spiro atoms. The maximum atomic E-state index is 14.2. The lowest BCUT2D eigenvalue weighted by Gasteiger charge is -2.17. The molecule has 4 heterocycles. The molecule has 0 bridgehead atoms. The molecule has 1 N–H and O–H groups in total. The number of nitrogens with zero attached hydrogens (tertiary/aromatic N) is 4. The average molecular weight is 439 g/mol. The maximum absolute atomic E-state index is 14.2. The van der Waals surface area contributed by atoms with Crippen LogP contribution in [0.3, 0.4) is 0 Å². The number of pyridine rings is 2. The molecule has 1 aromatic carbocycles. The molecule has 1 atom stereocenters. The van der Waals surface area contributed by atoms with E-state index in [-0.39, 0.29) is 28.9 Å². The monoisotopic (exact) mass is 439 g/mol. The molecular weight excluding hydrogens is 424 g/mol. The number of ether oxygens (including phenoxy) is 2. The summed E-state index contributed by atoms with van der Waals surface area (Å²) in [6, 6.07) is 9.81. The molecule has 0 radical (unpaired) electrons. The number of H-pyrrole nitrogens is 1. The van der Waals surface area contributed by atoms with Gasteiger partial charge in [0.2, 0.25) is 5.88 Å². The fourth-order valence-electron chi connectivity index (χ4n) is 3.41. The lowest BCUT2D eigenvalue weighted by atomic mass is 10.3. The lowest BCUT2D eigenvalue weighted by molar-refractivity contribution is -0.122. The smallest absolute Gasteiger partial charge is 0.347 e. The van der Waals surface area contributed by atoms with Crippen molar-refractivity contribution in [2.75, 3.05) is 11.4 Å². The van der Waals surface area contributed by atoms with Crippen molar-refractivity contribution < 1.29 is 23.0 Å². The number of fused-ring (bicyclic) bond motifs is 1. The van der Waals surface area contributed by atoms with Gasteiger partial charge < -0.3 is 14.4 Å². The highest BCUT2D eigenvalue weighted by molar-refractivity contribution is 5.99. The molecule has 4 aromatic rings. The molecular formula is C21H15F2N5O4. The van der Waals surface area contributed by atoms with Crippen LogP contribution < -0.4 is 20.1 Å². The van der Waals surface area contributed by atoms with Crippen LogP contribution >= 0.6 is 0 Å². The number of halogens is 2. The largest absolute Gasteiger partial charge is 0.479 e. The summed E-state index contributed by atoms with van der Waals surface area (Å²) in [7, 11) is 0. The Morgan fingerprint density at radius 3 is 2.59 bits per heavy atom. The first-order valence-corrected chi connectivity index (χ1v) is 9.62. The minimum absolute atomic E-state index is 0.146. The van der Waals surface area contributed by atoms with Gasteiger partial charge in [0, 0.05) is 31.3 Å². The van der Waals surface area contributed by atoms with E-state index < -0.39 is 17.6 Å². The molecule has 1 amide bonds. The second kappa shape index (κ2) is 7.76. The first-order valence-electron chi connectivity index (χ1n) is 9.62. The lowest BCUT2D eigenvalue weighted by Crippen LogP contribution is -2.32. The van der Waals surface area contributed by atoms with E-state index in [1.54, 1.807) is 12.1 Å². The Hall–Kier alpha value is -4.28. The third kappa shape index (κ3) is 3.64. The van der Waals surface area contributed by atoms with Crippen LogP contribution in [-0.4, -0.2) is 38.1 Å². The van der Waals surface area contributed by atoms with Gasteiger partial charge in [-0.05, 0) is 30.3 Å². The van der Waals surface area contributed by atoms with E-state index in [9.17, 15) is 18.4 Å². The van der Waals surface area contributed by atoms with Gasteiger partial charge in [-0.1, -0.05) is 0 Å². The Labute approximate surface area is 178 Å². The SMILES string of the molecule is O=C1C(Oc2ccc(Oc3ccc(F)cc3)nc2)CCN1c1cc(F)c2n[nH]c(=O)n2c1. The number of aromatic amines is 1. The van der Waals surface area contributed by atoms with E-state index >= 15 is 0 Å². The summed E-state index contributed by atoms with van der Waals surface area (Å²) in [5.74, 6) is -0.410. The molecule has 1 unspecified atom stereocenters. The zero-order valence-corrected chi connectivity index (χ0v) is 16.4. The predicted molar refractivity (Wildman–Crippen MR) is 108 cm³/mol. The molecule has 1 saturated heterocycles. The van der Waals surface area contributed by atoms with Crippen LogP contribution in [0.2, 0.25) is 0 Å². The second-order valence-corrected chi connectivity index (χ2v) is 7.04. The van der Waals surface area contributed by atoms with Gasteiger partial charge in [0.1, 0.15) is 17.3 Å². The standard InChI is InChI=1S/C21H15F2N5O4/c22-12-1-3-14(4-2-12)32-18-6-5-15(10-24-18)31-17-7-8-27(20(17)29)13-9-16(23)19-25-26-21(30)28(19)11-13/h1-6,9-11,17H,7-8H2,(H,26,30). The van der Waals surface area contributed by atoms with Crippen LogP contribution in [0.25, 0.3) is 5.65 Å². The zero-order chi connectivity index (χ0) is 22.2. The topological polar surface area (TPSA) is 102 Å². The number of amides is 1. The van der Waals surface area contributed by atoms with Crippen molar-refractivity contribution in [2.24, 2.45) is 0 Å². The number of hydrogen-bond acceptors (Lipinski definition) is 6. The van der Waals surface area contributed by atoms with Gasteiger partial charge in [0.05, 0.1) is 11.9 Å². The summed E-state index contributed by atoms with van der Waals surface area (Å²) in [4.78, 5) is 30.0. The number of benzene rings is 1. The Bertz CT molecular complexity index is 1350. The van der Waals surface area contributed by atoms with Crippen molar-refractivity contribution in [3.63, 3.8) is 0 Å². The average Bonchev–Trinajstić information content (AvgIpc) is 3.34. The normalized spacial score (nSPS) is 16.0. The van der Waals surface area contributed by atoms with Gasteiger partial charge in [0.15, 0.2) is 17.6 Å². The predicted octanol–water partition coefficient (Wildman–Crippen LogP) is 2.67. The minimum atomic E-state index is -0.791. The van der Waals surface area contributed by atoms with Gasteiger partial charge in [-0.3, -0.25) is 4.79 Å². The Morgan fingerprint density at radius 1 is 1.06 bits per heavy atom. The summed E-state index contributed by atoms with van der Waals surface area (Å²) < 4.78 is 39.5. The van der Waals surface area contributed by atoms with Gasteiger partial charge in [-0.15, -0.1) is 5.10 Å². The number of hydrogen-bond donors (Lipinski definition) is 1. The number of carbonyl (C=O) groups excluding carboxylic acids is 1. The number of carbonyl (C=O) groups is 1. The highest BCUT2D eigenvalue weighted by Gasteiger charge is 2.35. The summed E-state index contributed by atoms with van der Waals surface area (Å²) in [6.07, 6.45) is 2.34. The quantitative estimate of drug-likeness (QED) is 0.513. The molecule has 1 fully saturated rings. The highest BCUT2D eigenvalue weighted by atomic mass is 19.1. The second-order valence-electron chi connectivity index (χ2n) is 7.04. The third-order valence-corrected chi connectivity index (χ3v) is 4.95. The van der Waals surface area contributed by atoms with Crippen LogP contribution in [0, 0.1) is 11.6 Å².